The van der Waals surface area contributed by atoms with Crippen LogP contribution in [-0.4, -0.2) is 49.3 Å². The van der Waals surface area contributed by atoms with Crippen LogP contribution in [0.3, 0.4) is 0 Å². The lowest BCUT2D eigenvalue weighted by Crippen LogP contribution is -2.42. The predicted octanol–water partition coefficient (Wildman–Crippen LogP) is 0.579. The first-order chi connectivity index (χ1) is 7.18. The van der Waals surface area contributed by atoms with E-state index in [4.69, 9.17) is 9.47 Å². The van der Waals surface area contributed by atoms with E-state index in [1.54, 1.807) is 0 Å². The van der Waals surface area contributed by atoms with Gasteiger partial charge < -0.3 is 14.4 Å². The minimum absolute atomic E-state index is 0.0555. The molecule has 4 heteroatoms. The Balaban J connectivity index is 2.03. The molecule has 4 nitrogen and oxygen atoms in total. The molecule has 2 rings (SSSR count). The number of morpholine rings is 1. The van der Waals surface area contributed by atoms with Gasteiger partial charge in [-0.05, 0) is 19.9 Å². The second-order valence-corrected chi connectivity index (χ2v) is 4.01. The van der Waals surface area contributed by atoms with Crippen molar-refractivity contribution in [1.82, 2.24) is 4.90 Å². The highest BCUT2D eigenvalue weighted by atomic mass is 16.5. The number of ether oxygens (including phenoxy) is 2. The van der Waals surface area contributed by atoms with Crippen LogP contribution in [0.15, 0.2) is 11.6 Å². The van der Waals surface area contributed by atoms with E-state index in [0.717, 1.165) is 5.57 Å². The third-order valence-corrected chi connectivity index (χ3v) is 2.82. The third kappa shape index (κ3) is 2.21. The highest BCUT2D eigenvalue weighted by molar-refractivity contribution is 5.95. The summed E-state index contributed by atoms with van der Waals surface area (Å²) in [4.78, 5) is 13.9. The molecule has 84 valence electrons. The van der Waals surface area contributed by atoms with Gasteiger partial charge in [0.25, 0.3) is 5.91 Å². The molecule has 2 aliphatic heterocycles. The summed E-state index contributed by atoms with van der Waals surface area (Å²) in [7, 11) is 0. The summed E-state index contributed by atoms with van der Waals surface area (Å²) in [6.45, 7) is 6.55. The zero-order valence-corrected chi connectivity index (χ0v) is 9.23. The van der Waals surface area contributed by atoms with Crippen molar-refractivity contribution in [2.45, 2.75) is 26.1 Å². The van der Waals surface area contributed by atoms with E-state index < -0.39 is 0 Å². The second kappa shape index (κ2) is 4.33. The molecule has 2 aliphatic rings. The zero-order chi connectivity index (χ0) is 10.8. The van der Waals surface area contributed by atoms with E-state index in [2.05, 4.69) is 0 Å². The summed E-state index contributed by atoms with van der Waals surface area (Å²) in [5.74, 6) is 0.107. The van der Waals surface area contributed by atoms with Gasteiger partial charge in [-0.15, -0.1) is 0 Å². The van der Waals surface area contributed by atoms with Gasteiger partial charge in [0.2, 0.25) is 0 Å². The van der Waals surface area contributed by atoms with Crippen molar-refractivity contribution in [2.75, 3.05) is 26.3 Å². The second-order valence-electron chi connectivity index (χ2n) is 4.01. The van der Waals surface area contributed by atoms with Crippen LogP contribution >= 0.6 is 0 Å². The first kappa shape index (κ1) is 10.6. The molecule has 2 heterocycles. The molecule has 0 saturated carbocycles. The van der Waals surface area contributed by atoms with Crippen LogP contribution in [0.4, 0.5) is 0 Å². The first-order valence-electron chi connectivity index (χ1n) is 5.42. The van der Waals surface area contributed by atoms with Gasteiger partial charge in [-0.25, -0.2) is 0 Å². The van der Waals surface area contributed by atoms with Crippen molar-refractivity contribution in [1.29, 1.82) is 0 Å². The molecule has 0 aromatic rings. The molecule has 0 N–H and O–H groups in total. The molecule has 1 fully saturated rings. The molecule has 2 unspecified atom stereocenters. The number of hydrogen-bond donors (Lipinski definition) is 0. The van der Waals surface area contributed by atoms with Gasteiger partial charge in [0, 0.05) is 18.7 Å². The van der Waals surface area contributed by atoms with Crippen molar-refractivity contribution in [3.05, 3.63) is 11.6 Å². The summed E-state index contributed by atoms with van der Waals surface area (Å²) in [6.07, 6.45) is 1.90. The Bertz CT molecular complexity index is 282. The molecule has 0 aliphatic carbocycles. The molecule has 0 spiro atoms. The van der Waals surface area contributed by atoms with E-state index in [1.165, 1.54) is 0 Å². The van der Waals surface area contributed by atoms with Crippen molar-refractivity contribution in [2.24, 2.45) is 0 Å². The monoisotopic (exact) mass is 211 g/mol. The standard InChI is InChI=1S/C11H17NO3/c1-8-7-10(9(2)15-8)11(13)12-3-5-14-6-4-12/h7-9H,3-6H2,1-2H3. The van der Waals surface area contributed by atoms with E-state index in [9.17, 15) is 4.79 Å². The highest BCUT2D eigenvalue weighted by Gasteiger charge is 2.29. The molecule has 2 atom stereocenters. The fraction of sp³-hybridized carbons (Fsp3) is 0.727. The van der Waals surface area contributed by atoms with Gasteiger partial charge in [-0.2, -0.15) is 0 Å². The maximum Gasteiger partial charge on any atom is 0.252 e. The SMILES string of the molecule is CC1C=C(C(=O)N2CCOCC2)C(C)O1. The fourth-order valence-corrected chi connectivity index (χ4v) is 2.02. The van der Waals surface area contributed by atoms with Crippen LogP contribution in [0.1, 0.15) is 13.8 Å². The Hall–Kier alpha value is -0.870. The van der Waals surface area contributed by atoms with E-state index in [-0.39, 0.29) is 18.1 Å². The molecular formula is C11H17NO3. The van der Waals surface area contributed by atoms with E-state index in [1.807, 2.05) is 24.8 Å². The smallest absolute Gasteiger partial charge is 0.252 e. The van der Waals surface area contributed by atoms with Crippen molar-refractivity contribution in [3.8, 4) is 0 Å². The van der Waals surface area contributed by atoms with Crippen molar-refractivity contribution < 1.29 is 14.3 Å². The molecular weight excluding hydrogens is 194 g/mol. The van der Waals surface area contributed by atoms with Gasteiger partial charge in [-0.3, -0.25) is 4.79 Å². The minimum Gasteiger partial charge on any atom is -0.378 e. The molecule has 0 aromatic heterocycles. The largest absolute Gasteiger partial charge is 0.378 e. The Labute approximate surface area is 89.8 Å². The summed E-state index contributed by atoms with van der Waals surface area (Å²) in [6, 6.07) is 0. The van der Waals surface area contributed by atoms with Crippen molar-refractivity contribution >= 4 is 5.91 Å². The van der Waals surface area contributed by atoms with Crippen LogP contribution in [-0.2, 0) is 14.3 Å². The lowest BCUT2D eigenvalue weighted by atomic mass is 10.1. The number of nitrogens with zero attached hydrogens (tertiary/aromatic N) is 1. The van der Waals surface area contributed by atoms with Crippen LogP contribution in [0, 0.1) is 0 Å². The van der Waals surface area contributed by atoms with Crippen LogP contribution in [0.25, 0.3) is 0 Å². The Morgan fingerprint density at radius 3 is 2.60 bits per heavy atom. The summed E-state index contributed by atoms with van der Waals surface area (Å²) in [5.41, 5.74) is 0.796. The molecule has 0 aromatic carbocycles. The van der Waals surface area contributed by atoms with Gasteiger partial charge in [0.15, 0.2) is 0 Å². The number of carbonyl (C=O) groups is 1. The van der Waals surface area contributed by atoms with Crippen LogP contribution in [0.5, 0.6) is 0 Å². The van der Waals surface area contributed by atoms with Crippen molar-refractivity contribution in [3.63, 3.8) is 0 Å². The van der Waals surface area contributed by atoms with E-state index >= 15 is 0 Å². The maximum atomic E-state index is 12.1. The highest BCUT2D eigenvalue weighted by Crippen LogP contribution is 2.21. The number of carbonyl (C=O) groups excluding carboxylic acids is 1. The quantitative estimate of drug-likeness (QED) is 0.637. The Morgan fingerprint density at radius 1 is 1.40 bits per heavy atom. The Kier molecular flexibility index (Phi) is 3.07. The summed E-state index contributed by atoms with van der Waals surface area (Å²) in [5, 5.41) is 0. The average molecular weight is 211 g/mol. The maximum absolute atomic E-state index is 12.1. The minimum atomic E-state index is -0.0738. The Morgan fingerprint density at radius 2 is 2.07 bits per heavy atom. The lowest BCUT2D eigenvalue weighted by Gasteiger charge is -2.27. The molecule has 1 amide bonds. The average Bonchev–Trinajstić information content (AvgIpc) is 2.58. The molecule has 0 bridgehead atoms. The molecule has 1 saturated heterocycles. The van der Waals surface area contributed by atoms with Crippen LogP contribution < -0.4 is 0 Å². The van der Waals surface area contributed by atoms with Gasteiger partial charge >= 0.3 is 0 Å². The third-order valence-electron chi connectivity index (χ3n) is 2.82. The number of hydrogen-bond acceptors (Lipinski definition) is 3. The number of rotatable bonds is 1. The predicted molar refractivity (Wildman–Crippen MR) is 55.5 cm³/mol. The lowest BCUT2D eigenvalue weighted by molar-refractivity contribution is -0.132. The van der Waals surface area contributed by atoms with Crippen LogP contribution in [0.2, 0.25) is 0 Å². The summed E-state index contributed by atoms with van der Waals surface area (Å²) < 4.78 is 10.7. The van der Waals surface area contributed by atoms with Gasteiger partial charge in [-0.1, -0.05) is 0 Å². The first-order valence-corrected chi connectivity index (χ1v) is 5.42. The topological polar surface area (TPSA) is 38.8 Å². The van der Waals surface area contributed by atoms with Gasteiger partial charge in [0.05, 0.1) is 25.4 Å². The zero-order valence-electron chi connectivity index (χ0n) is 9.23. The number of amides is 1. The van der Waals surface area contributed by atoms with E-state index in [0.29, 0.717) is 26.3 Å². The normalized spacial score (nSPS) is 31.6. The van der Waals surface area contributed by atoms with Gasteiger partial charge in [0.1, 0.15) is 0 Å². The molecule has 0 radical (unpaired) electrons. The fourth-order valence-electron chi connectivity index (χ4n) is 2.02. The molecule has 15 heavy (non-hydrogen) atoms. The summed E-state index contributed by atoms with van der Waals surface area (Å²) >= 11 is 0.